The molecule has 6 rings (SSSR count). The summed E-state index contributed by atoms with van der Waals surface area (Å²) in [6.07, 6.45) is 9.44. The molecule has 3 nitrogen and oxygen atoms in total. The zero-order valence-electron chi connectivity index (χ0n) is 24.1. The van der Waals surface area contributed by atoms with E-state index in [0.717, 1.165) is 51.4 Å². The minimum atomic E-state index is 0.134. The van der Waals surface area contributed by atoms with E-state index in [2.05, 4.69) is 88.4 Å². The fourth-order valence-corrected chi connectivity index (χ4v) is 7.07. The second-order valence-corrected chi connectivity index (χ2v) is 12.2. The van der Waals surface area contributed by atoms with E-state index >= 15 is 0 Å². The van der Waals surface area contributed by atoms with E-state index in [9.17, 15) is 0 Å². The maximum atomic E-state index is 6.79. The zero-order chi connectivity index (χ0) is 26.9. The lowest BCUT2D eigenvalue weighted by molar-refractivity contribution is -0.0106. The predicted molar refractivity (Wildman–Crippen MR) is 157 cm³/mol. The molecule has 0 amide bonds. The molecule has 0 saturated heterocycles. The zero-order valence-corrected chi connectivity index (χ0v) is 24.1. The summed E-state index contributed by atoms with van der Waals surface area (Å²) in [5.74, 6) is 0. The van der Waals surface area contributed by atoms with Gasteiger partial charge < -0.3 is 14.2 Å². The summed E-state index contributed by atoms with van der Waals surface area (Å²) in [4.78, 5) is 0. The topological polar surface area (TPSA) is 27.7 Å². The van der Waals surface area contributed by atoms with Gasteiger partial charge in [0.2, 0.25) is 0 Å². The van der Waals surface area contributed by atoms with E-state index < -0.39 is 0 Å². The average Bonchev–Trinajstić information content (AvgIpc) is 3.64. The second-order valence-electron chi connectivity index (χ2n) is 12.2. The molecule has 3 aliphatic carbocycles. The third-order valence-corrected chi connectivity index (χ3v) is 8.93. The van der Waals surface area contributed by atoms with Gasteiger partial charge in [-0.25, -0.2) is 0 Å². The molecule has 3 aromatic carbocycles. The van der Waals surface area contributed by atoms with Crippen molar-refractivity contribution >= 4 is 0 Å². The first-order valence-corrected chi connectivity index (χ1v) is 15.3. The highest BCUT2D eigenvalue weighted by Gasteiger charge is 2.29. The number of benzene rings is 3. The van der Waals surface area contributed by atoms with E-state index in [0.29, 0.717) is 6.10 Å². The third-order valence-electron chi connectivity index (χ3n) is 8.93. The van der Waals surface area contributed by atoms with Crippen LogP contribution in [0, 0.1) is 0 Å². The minimum Gasteiger partial charge on any atom is -0.375 e. The number of rotatable bonds is 10. The van der Waals surface area contributed by atoms with Crippen molar-refractivity contribution in [2.45, 2.75) is 116 Å². The van der Waals surface area contributed by atoms with Crippen molar-refractivity contribution in [1.29, 1.82) is 0 Å². The first-order valence-electron chi connectivity index (χ1n) is 15.3. The van der Waals surface area contributed by atoms with Crippen molar-refractivity contribution in [3.05, 3.63) is 105 Å². The van der Waals surface area contributed by atoms with Crippen LogP contribution < -0.4 is 0 Å². The standard InChI is InChI=1S/C36H44O3/c1-5-35(38-33-17-24-9-7-8-10-25(24)18-33)29-14-12-27-20-34(22-31(27)16-29)39-36(6-2)28-13-11-26-19-32(37-23(3)4)21-30(26)15-28/h7-16,23,32-36H,5-6,17-22H2,1-4H3. The van der Waals surface area contributed by atoms with Crippen LogP contribution in [0.1, 0.15) is 97.3 Å². The molecular formula is C36H44O3. The van der Waals surface area contributed by atoms with Gasteiger partial charge in [-0.3, -0.25) is 0 Å². The predicted octanol–water partition coefficient (Wildman–Crippen LogP) is 7.85. The number of fused-ring (bicyclic) bond motifs is 3. The summed E-state index contributed by atoms with van der Waals surface area (Å²) >= 11 is 0. The first kappa shape index (κ1) is 26.7. The quantitative estimate of drug-likeness (QED) is 0.270. The molecule has 0 fully saturated rings. The summed E-state index contributed by atoms with van der Waals surface area (Å²) in [5.41, 5.74) is 11.3. The SMILES string of the molecule is CCC(OC1Cc2ccccc2C1)c1ccc2c(c1)CC(OC(CC)c1ccc3c(c1)CC(OC(C)C)C3)C2. The molecule has 0 radical (unpaired) electrons. The Labute approximate surface area is 234 Å². The van der Waals surface area contributed by atoms with Gasteiger partial charge in [-0.2, -0.15) is 0 Å². The molecule has 4 atom stereocenters. The van der Waals surface area contributed by atoms with Crippen molar-refractivity contribution in [2.75, 3.05) is 0 Å². The summed E-state index contributed by atoms with van der Waals surface area (Å²) in [5, 5.41) is 0. The van der Waals surface area contributed by atoms with E-state index in [1.54, 1.807) is 0 Å². The van der Waals surface area contributed by atoms with Crippen molar-refractivity contribution < 1.29 is 14.2 Å². The highest BCUT2D eigenvalue weighted by molar-refractivity contribution is 5.39. The fraction of sp³-hybridized carbons (Fsp3) is 0.500. The molecule has 0 heterocycles. The Kier molecular flexibility index (Phi) is 7.93. The van der Waals surface area contributed by atoms with Crippen LogP contribution in [0.25, 0.3) is 0 Å². The highest BCUT2D eigenvalue weighted by Crippen LogP contribution is 2.36. The maximum Gasteiger partial charge on any atom is 0.0826 e. The summed E-state index contributed by atoms with van der Waals surface area (Å²) in [6, 6.07) is 22.8. The van der Waals surface area contributed by atoms with E-state index in [4.69, 9.17) is 14.2 Å². The fourth-order valence-electron chi connectivity index (χ4n) is 7.07. The molecule has 3 heteroatoms. The van der Waals surface area contributed by atoms with Gasteiger partial charge in [-0.15, -0.1) is 0 Å². The minimum absolute atomic E-state index is 0.134. The number of ether oxygens (including phenoxy) is 3. The Balaban J connectivity index is 1.09. The summed E-state index contributed by atoms with van der Waals surface area (Å²) in [7, 11) is 0. The van der Waals surface area contributed by atoms with Gasteiger partial charge in [-0.05, 0) is 110 Å². The van der Waals surface area contributed by atoms with E-state index in [1.807, 2.05) is 0 Å². The largest absolute Gasteiger partial charge is 0.375 e. The Morgan fingerprint density at radius 2 is 0.923 bits per heavy atom. The smallest absolute Gasteiger partial charge is 0.0826 e. The van der Waals surface area contributed by atoms with Crippen LogP contribution in [0.2, 0.25) is 0 Å². The molecule has 0 spiro atoms. The van der Waals surface area contributed by atoms with Gasteiger partial charge in [0.1, 0.15) is 0 Å². The van der Waals surface area contributed by atoms with Crippen LogP contribution >= 0.6 is 0 Å². The van der Waals surface area contributed by atoms with E-state index in [-0.39, 0.29) is 30.5 Å². The lowest BCUT2D eigenvalue weighted by Crippen LogP contribution is -2.18. The summed E-state index contributed by atoms with van der Waals surface area (Å²) < 4.78 is 19.6. The molecule has 0 N–H and O–H groups in total. The molecular weight excluding hydrogens is 480 g/mol. The number of hydrogen-bond donors (Lipinski definition) is 0. The Bertz CT molecular complexity index is 1270. The average molecular weight is 525 g/mol. The van der Waals surface area contributed by atoms with E-state index in [1.165, 1.54) is 44.5 Å². The van der Waals surface area contributed by atoms with Crippen LogP contribution in [0.3, 0.4) is 0 Å². The molecule has 39 heavy (non-hydrogen) atoms. The molecule has 0 saturated carbocycles. The van der Waals surface area contributed by atoms with Gasteiger partial charge in [0, 0.05) is 0 Å². The third kappa shape index (κ3) is 5.87. The van der Waals surface area contributed by atoms with Crippen molar-refractivity contribution in [3.63, 3.8) is 0 Å². The second kappa shape index (κ2) is 11.6. The molecule has 0 bridgehead atoms. The van der Waals surface area contributed by atoms with Crippen LogP contribution in [-0.2, 0) is 52.7 Å². The lowest BCUT2D eigenvalue weighted by atomic mass is 10.0. The molecule has 3 aromatic rings. The Morgan fingerprint density at radius 3 is 1.33 bits per heavy atom. The first-order chi connectivity index (χ1) is 19.0. The van der Waals surface area contributed by atoms with Gasteiger partial charge >= 0.3 is 0 Å². The molecule has 206 valence electrons. The lowest BCUT2D eigenvalue weighted by Gasteiger charge is -2.22. The van der Waals surface area contributed by atoms with Crippen molar-refractivity contribution in [1.82, 2.24) is 0 Å². The van der Waals surface area contributed by atoms with Crippen LogP contribution in [0.5, 0.6) is 0 Å². The van der Waals surface area contributed by atoms with Crippen molar-refractivity contribution in [2.24, 2.45) is 0 Å². The van der Waals surface area contributed by atoms with Crippen LogP contribution in [0.4, 0.5) is 0 Å². The maximum absolute atomic E-state index is 6.79. The summed E-state index contributed by atoms with van der Waals surface area (Å²) in [6.45, 7) is 8.74. The van der Waals surface area contributed by atoms with Gasteiger partial charge in [-0.1, -0.05) is 74.5 Å². The Morgan fingerprint density at radius 1 is 0.538 bits per heavy atom. The van der Waals surface area contributed by atoms with Crippen LogP contribution in [-0.4, -0.2) is 24.4 Å². The van der Waals surface area contributed by atoms with Gasteiger partial charge in [0.25, 0.3) is 0 Å². The normalized spacial score (nSPS) is 21.7. The van der Waals surface area contributed by atoms with Gasteiger partial charge in [0.15, 0.2) is 0 Å². The van der Waals surface area contributed by atoms with Crippen molar-refractivity contribution in [3.8, 4) is 0 Å². The molecule has 4 unspecified atom stereocenters. The number of hydrogen-bond acceptors (Lipinski definition) is 3. The Hall–Kier alpha value is -2.46. The van der Waals surface area contributed by atoms with Crippen LogP contribution in [0.15, 0.2) is 60.7 Å². The monoisotopic (exact) mass is 524 g/mol. The highest BCUT2D eigenvalue weighted by atomic mass is 16.5. The molecule has 0 aromatic heterocycles. The molecule has 0 aliphatic heterocycles. The van der Waals surface area contributed by atoms with Gasteiger partial charge in [0.05, 0.1) is 36.6 Å². The molecule has 3 aliphatic rings.